The lowest BCUT2D eigenvalue weighted by molar-refractivity contribution is -0.155. The van der Waals surface area contributed by atoms with Gasteiger partial charge in [0, 0.05) is 0 Å². The van der Waals surface area contributed by atoms with Gasteiger partial charge in [-0.1, -0.05) is 42.5 Å². The van der Waals surface area contributed by atoms with Crippen molar-refractivity contribution in [3.8, 4) is 0 Å². The first-order chi connectivity index (χ1) is 11.8. The Balaban J connectivity index is 1.56. The van der Waals surface area contributed by atoms with Crippen LogP contribution in [0.3, 0.4) is 0 Å². The molecule has 3 rings (SSSR count). The molecule has 1 aliphatic rings. The third kappa shape index (κ3) is 3.85. The van der Waals surface area contributed by atoms with E-state index in [4.69, 9.17) is 10.5 Å². The number of benzene rings is 2. The Hall–Kier alpha value is -2.34. The minimum atomic E-state index is -4.35. The molecule has 0 heterocycles. The average molecular weight is 349 g/mol. The largest absolute Gasteiger partial charge is 0.459 e. The first-order valence-corrected chi connectivity index (χ1v) is 7.95. The van der Waals surface area contributed by atoms with E-state index < -0.39 is 23.2 Å². The van der Waals surface area contributed by atoms with Gasteiger partial charge in [0.15, 0.2) is 0 Å². The van der Waals surface area contributed by atoms with Crippen LogP contribution in [0.1, 0.15) is 35.4 Å². The van der Waals surface area contributed by atoms with E-state index in [1.807, 2.05) is 30.3 Å². The van der Waals surface area contributed by atoms with Crippen molar-refractivity contribution in [1.29, 1.82) is 0 Å². The molecule has 2 N–H and O–H groups in total. The van der Waals surface area contributed by atoms with Crippen molar-refractivity contribution in [1.82, 2.24) is 0 Å². The topological polar surface area (TPSA) is 52.3 Å². The quantitative estimate of drug-likeness (QED) is 0.848. The third-order valence-electron chi connectivity index (χ3n) is 4.55. The van der Waals surface area contributed by atoms with E-state index in [1.54, 1.807) is 0 Å². The standard InChI is InChI=1S/C19H18F3NO2/c20-19(21,22)16-8-6-14(7-9-16)15-10-18(23,11-15)17(24)25-12-13-4-2-1-3-5-13/h1-9,15H,10-12,23H2. The van der Waals surface area contributed by atoms with Crippen LogP contribution < -0.4 is 5.73 Å². The van der Waals surface area contributed by atoms with E-state index in [9.17, 15) is 18.0 Å². The van der Waals surface area contributed by atoms with E-state index >= 15 is 0 Å². The van der Waals surface area contributed by atoms with Gasteiger partial charge in [-0.15, -0.1) is 0 Å². The molecule has 1 saturated carbocycles. The maximum atomic E-state index is 12.6. The number of ether oxygens (including phenoxy) is 1. The highest BCUT2D eigenvalue weighted by atomic mass is 19.4. The predicted octanol–water partition coefficient (Wildman–Crippen LogP) is 4.02. The summed E-state index contributed by atoms with van der Waals surface area (Å²) < 4.78 is 43.0. The van der Waals surface area contributed by atoms with Gasteiger partial charge in [0.1, 0.15) is 12.1 Å². The van der Waals surface area contributed by atoms with E-state index in [1.165, 1.54) is 12.1 Å². The van der Waals surface area contributed by atoms with Crippen LogP contribution in [0, 0.1) is 0 Å². The smallest absolute Gasteiger partial charge is 0.416 e. The van der Waals surface area contributed by atoms with E-state index in [2.05, 4.69) is 0 Å². The third-order valence-corrected chi connectivity index (χ3v) is 4.55. The van der Waals surface area contributed by atoms with Crippen molar-refractivity contribution in [2.24, 2.45) is 5.73 Å². The maximum Gasteiger partial charge on any atom is 0.416 e. The van der Waals surface area contributed by atoms with Crippen molar-refractivity contribution in [2.45, 2.75) is 37.1 Å². The highest BCUT2D eigenvalue weighted by Crippen LogP contribution is 2.44. The van der Waals surface area contributed by atoms with Crippen LogP contribution in [0.25, 0.3) is 0 Å². The highest BCUT2D eigenvalue weighted by molar-refractivity contribution is 5.82. The summed E-state index contributed by atoms with van der Waals surface area (Å²) in [4.78, 5) is 12.2. The second-order valence-corrected chi connectivity index (χ2v) is 6.44. The Kier molecular flexibility index (Phi) is 4.56. The summed E-state index contributed by atoms with van der Waals surface area (Å²) in [5, 5.41) is 0. The lowest BCUT2D eigenvalue weighted by atomic mass is 9.66. The number of esters is 1. The molecular weight excluding hydrogens is 331 g/mol. The van der Waals surface area contributed by atoms with Crippen LogP contribution in [0.2, 0.25) is 0 Å². The van der Waals surface area contributed by atoms with Crippen molar-refractivity contribution in [2.75, 3.05) is 0 Å². The van der Waals surface area contributed by atoms with Gasteiger partial charge >= 0.3 is 12.1 Å². The number of hydrogen-bond donors (Lipinski definition) is 1. The van der Waals surface area contributed by atoms with Crippen LogP contribution in [-0.4, -0.2) is 11.5 Å². The molecule has 3 nitrogen and oxygen atoms in total. The summed E-state index contributed by atoms with van der Waals surface area (Å²) in [6, 6.07) is 14.3. The number of hydrogen-bond acceptors (Lipinski definition) is 3. The molecule has 1 fully saturated rings. The molecule has 0 radical (unpaired) electrons. The lowest BCUT2D eigenvalue weighted by Gasteiger charge is -2.42. The number of rotatable bonds is 4. The summed E-state index contributed by atoms with van der Waals surface area (Å²) in [5.41, 5.74) is 5.96. The predicted molar refractivity (Wildman–Crippen MR) is 86.6 cm³/mol. The number of alkyl halides is 3. The molecule has 2 aromatic carbocycles. The van der Waals surface area contributed by atoms with E-state index in [-0.39, 0.29) is 12.5 Å². The SMILES string of the molecule is NC1(C(=O)OCc2ccccc2)CC(c2ccc(C(F)(F)F)cc2)C1. The van der Waals surface area contributed by atoms with Gasteiger partial charge in [-0.25, -0.2) is 0 Å². The van der Waals surface area contributed by atoms with Gasteiger partial charge in [0.25, 0.3) is 0 Å². The van der Waals surface area contributed by atoms with Gasteiger partial charge in [0.05, 0.1) is 5.56 Å². The second-order valence-electron chi connectivity index (χ2n) is 6.44. The molecule has 2 aromatic rings. The molecule has 25 heavy (non-hydrogen) atoms. The molecule has 0 aromatic heterocycles. The fourth-order valence-electron chi connectivity index (χ4n) is 3.03. The van der Waals surface area contributed by atoms with Crippen LogP contribution >= 0.6 is 0 Å². The van der Waals surface area contributed by atoms with Crippen molar-refractivity contribution < 1.29 is 22.7 Å². The lowest BCUT2D eigenvalue weighted by Crippen LogP contribution is -2.57. The zero-order chi connectivity index (χ0) is 18.1. The van der Waals surface area contributed by atoms with Crippen LogP contribution in [0.15, 0.2) is 54.6 Å². The molecule has 6 heteroatoms. The Morgan fingerprint density at radius 3 is 2.24 bits per heavy atom. The summed E-state index contributed by atoms with van der Waals surface area (Å²) >= 11 is 0. The molecule has 0 saturated heterocycles. The summed E-state index contributed by atoms with van der Waals surface area (Å²) in [7, 11) is 0. The molecule has 0 spiro atoms. The maximum absolute atomic E-state index is 12.6. The summed E-state index contributed by atoms with van der Waals surface area (Å²) in [6.07, 6.45) is -3.62. The van der Waals surface area contributed by atoms with Gasteiger partial charge in [-0.2, -0.15) is 13.2 Å². The van der Waals surface area contributed by atoms with Crippen LogP contribution in [-0.2, 0) is 22.3 Å². The first kappa shape index (κ1) is 17.5. The Morgan fingerprint density at radius 1 is 1.08 bits per heavy atom. The van der Waals surface area contributed by atoms with Crippen LogP contribution in [0.4, 0.5) is 13.2 Å². The van der Waals surface area contributed by atoms with Crippen molar-refractivity contribution in [3.05, 3.63) is 71.3 Å². The molecule has 0 unspecified atom stereocenters. The first-order valence-electron chi connectivity index (χ1n) is 7.95. The number of halogens is 3. The Morgan fingerprint density at radius 2 is 1.68 bits per heavy atom. The Bertz CT molecular complexity index is 736. The minimum Gasteiger partial charge on any atom is -0.459 e. The molecule has 0 aliphatic heterocycles. The fraction of sp³-hybridized carbons (Fsp3) is 0.316. The highest BCUT2D eigenvalue weighted by Gasteiger charge is 2.48. The molecule has 0 atom stereocenters. The van der Waals surface area contributed by atoms with Gasteiger partial charge in [-0.05, 0) is 42.0 Å². The molecule has 132 valence electrons. The average Bonchev–Trinajstić information content (AvgIpc) is 2.57. The van der Waals surface area contributed by atoms with Gasteiger partial charge < -0.3 is 10.5 Å². The van der Waals surface area contributed by atoms with Crippen LogP contribution in [0.5, 0.6) is 0 Å². The monoisotopic (exact) mass is 349 g/mol. The minimum absolute atomic E-state index is 0.0310. The molecule has 0 amide bonds. The molecule has 1 aliphatic carbocycles. The van der Waals surface area contributed by atoms with Gasteiger partial charge in [-0.3, -0.25) is 4.79 Å². The van der Waals surface area contributed by atoms with Crippen molar-refractivity contribution >= 4 is 5.97 Å². The zero-order valence-corrected chi connectivity index (χ0v) is 13.4. The fourth-order valence-corrected chi connectivity index (χ4v) is 3.03. The number of nitrogens with two attached hydrogens (primary N) is 1. The normalized spacial score (nSPS) is 23.0. The second kappa shape index (κ2) is 6.52. The number of carbonyl (C=O) groups is 1. The zero-order valence-electron chi connectivity index (χ0n) is 13.4. The number of carbonyl (C=O) groups excluding carboxylic acids is 1. The molecule has 0 bridgehead atoms. The Labute approximate surface area is 143 Å². The molecular formula is C19H18F3NO2. The van der Waals surface area contributed by atoms with E-state index in [0.29, 0.717) is 12.8 Å². The van der Waals surface area contributed by atoms with Crippen molar-refractivity contribution in [3.63, 3.8) is 0 Å². The van der Waals surface area contributed by atoms with E-state index in [0.717, 1.165) is 23.3 Å². The van der Waals surface area contributed by atoms with Gasteiger partial charge in [0.2, 0.25) is 0 Å². The summed E-state index contributed by atoms with van der Waals surface area (Å²) in [6.45, 7) is 0.156. The summed E-state index contributed by atoms with van der Waals surface area (Å²) in [5.74, 6) is -0.504.